The highest BCUT2D eigenvalue weighted by molar-refractivity contribution is 5.94. The Labute approximate surface area is 159 Å². The molecule has 2 atom stereocenters. The SMILES string of the molecule is CC(=O)c1ccc(-c2ccc(C(=O)NC3C4CCCC3CC(N)C4)o2)cc1. The molecule has 2 saturated carbocycles. The van der Waals surface area contributed by atoms with Crippen molar-refractivity contribution in [2.75, 3.05) is 0 Å². The minimum atomic E-state index is -0.154. The largest absolute Gasteiger partial charge is 0.451 e. The van der Waals surface area contributed by atoms with E-state index in [0.717, 1.165) is 31.2 Å². The summed E-state index contributed by atoms with van der Waals surface area (Å²) >= 11 is 0. The summed E-state index contributed by atoms with van der Waals surface area (Å²) in [6, 6.07) is 11.2. The molecule has 4 rings (SSSR count). The second-order valence-corrected chi connectivity index (χ2v) is 7.98. The van der Waals surface area contributed by atoms with E-state index in [9.17, 15) is 9.59 Å². The highest BCUT2D eigenvalue weighted by atomic mass is 16.3. The number of hydrogen-bond donors (Lipinski definition) is 2. The Morgan fingerprint density at radius 3 is 2.33 bits per heavy atom. The summed E-state index contributed by atoms with van der Waals surface area (Å²) in [5.41, 5.74) is 7.68. The standard InChI is InChI=1S/C22H26N2O3/c1-13(25)14-5-7-15(8-6-14)19-9-10-20(27-19)22(26)24-21-16-3-2-4-17(21)12-18(23)11-16/h5-10,16-18,21H,2-4,11-12,23H2,1H3,(H,24,26). The lowest BCUT2D eigenvalue weighted by Gasteiger charge is -2.45. The van der Waals surface area contributed by atoms with Crippen molar-refractivity contribution in [3.63, 3.8) is 0 Å². The zero-order valence-electron chi connectivity index (χ0n) is 15.6. The number of nitrogens with two attached hydrogens (primary N) is 1. The molecule has 0 radical (unpaired) electrons. The van der Waals surface area contributed by atoms with Gasteiger partial charge < -0.3 is 15.5 Å². The Morgan fingerprint density at radius 2 is 1.70 bits per heavy atom. The van der Waals surface area contributed by atoms with E-state index in [1.54, 1.807) is 24.3 Å². The molecule has 0 spiro atoms. The van der Waals surface area contributed by atoms with Gasteiger partial charge in [0.1, 0.15) is 5.76 Å². The van der Waals surface area contributed by atoms with Gasteiger partial charge in [-0.1, -0.05) is 30.7 Å². The normalized spacial score (nSPS) is 27.2. The first kappa shape index (κ1) is 18.0. The van der Waals surface area contributed by atoms with Crippen LogP contribution in [0.1, 0.15) is 59.9 Å². The third-order valence-electron chi connectivity index (χ3n) is 6.08. The molecule has 1 aromatic carbocycles. The third kappa shape index (κ3) is 3.69. The Kier molecular flexibility index (Phi) is 4.87. The van der Waals surface area contributed by atoms with Gasteiger partial charge in [-0.2, -0.15) is 0 Å². The first-order valence-corrected chi connectivity index (χ1v) is 9.79. The molecule has 5 heteroatoms. The predicted octanol–water partition coefficient (Wildman–Crippen LogP) is 3.79. The molecule has 142 valence electrons. The molecule has 27 heavy (non-hydrogen) atoms. The van der Waals surface area contributed by atoms with Gasteiger partial charge in [-0.3, -0.25) is 9.59 Å². The molecule has 1 amide bonds. The second-order valence-electron chi connectivity index (χ2n) is 7.98. The van der Waals surface area contributed by atoms with Gasteiger partial charge >= 0.3 is 0 Å². The molecule has 2 aliphatic rings. The maximum absolute atomic E-state index is 12.7. The van der Waals surface area contributed by atoms with Crippen LogP contribution < -0.4 is 11.1 Å². The molecule has 2 bridgehead atoms. The Bertz CT molecular complexity index is 825. The number of nitrogens with one attached hydrogen (secondary N) is 1. The van der Waals surface area contributed by atoms with Crippen LogP contribution in [0.2, 0.25) is 0 Å². The van der Waals surface area contributed by atoms with Gasteiger partial charge in [-0.15, -0.1) is 0 Å². The van der Waals surface area contributed by atoms with Crippen LogP contribution >= 0.6 is 0 Å². The molecule has 2 fully saturated rings. The topological polar surface area (TPSA) is 85.3 Å². The van der Waals surface area contributed by atoms with Gasteiger partial charge in [-0.25, -0.2) is 0 Å². The molecule has 1 heterocycles. The minimum Gasteiger partial charge on any atom is -0.451 e. The van der Waals surface area contributed by atoms with Crippen molar-refractivity contribution in [2.45, 2.75) is 51.1 Å². The van der Waals surface area contributed by atoms with Gasteiger partial charge in [0.2, 0.25) is 0 Å². The molecule has 0 aliphatic heterocycles. The lowest BCUT2D eigenvalue weighted by atomic mass is 9.67. The number of hydrogen-bond acceptors (Lipinski definition) is 4. The van der Waals surface area contributed by atoms with E-state index in [0.29, 0.717) is 28.9 Å². The lowest BCUT2D eigenvalue weighted by Crippen LogP contribution is -2.53. The summed E-state index contributed by atoms with van der Waals surface area (Å²) in [6.45, 7) is 1.54. The van der Waals surface area contributed by atoms with Crippen molar-refractivity contribution >= 4 is 11.7 Å². The second kappa shape index (κ2) is 7.31. The Morgan fingerprint density at radius 1 is 1.04 bits per heavy atom. The van der Waals surface area contributed by atoms with Crippen LogP contribution in [0.4, 0.5) is 0 Å². The average Bonchev–Trinajstić information content (AvgIpc) is 3.13. The van der Waals surface area contributed by atoms with E-state index in [2.05, 4.69) is 5.32 Å². The van der Waals surface area contributed by atoms with Crippen LogP contribution in [0.5, 0.6) is 0 Å². The summed E-state index contributed by atoms with van der Waals surface area (Å²) in [6.07, 6.45) is 5.50. The quantitative estimate of drug-likeness (QED) is 0.806. The lowest BCUT2D eigenvalue weighted by molar-refractivity contribution is 0.0733. The first-order valence-electron chi connectivity index (χ1n) is 9.79. The fourth-order valence-corrected chi connectivity index (χ4v) is 4.73. The highest BCUT2D eigenvalue weighted by Crippen LogP contribution is 2.39. The van der Waals surface area contributed by atoms with Crippen LogP contribution in [-0.2, 0) is 0 Å². The zero-order valence-corrected chi connectivity index (χ0v) is 15.6. The van der Waals surface area contributed by atoms with Gasteiger partial charge in [0.05, 0.1) is 0 Å². The van der Waals surface area contributed by atoms with Crippen molar-refractivity contribution in [3.05, 3.63) is 47.7 Å². The van der Waals surface area contributed by atoms with Gasteiger partial charge in [0.15, 0.2) is 11.5 Å². The van der Waals surface area contributed by atoms with Crippen LogP contribution in [0.15, 0.2) is 40.8 Å². The third-order valence-corrected chi connectivity index (χ3v) is 6.08. The fourth-order valence-electron chi connectivity index (χ4n) is 4.73. The van der Waals surface area contributed by atoms with Crippen molar-refractivity contribution in [3.8, 4) is 11.3 Å². The molecular formula is C22H26N2O3. The zero-order chi connectivity index (χ0) is 19.0. The maximum atomic E-state index is 12.7. The molecule has 2 unspecified atom stereocenters. The molecule has 1 aromatic heterocycles. The van der Waals surface area contributed by atoms with Crippen LogP contribution in [0, 0.1) is 11.8 Å². The summed E-state index contributed by atoms with van der Waals surface area (Å²) in [5.74, 6) is 1.78. The molecule has 2 aromatic rings. The highest BCUT2D eigenvalue weighted by Gasteiger charge is 2.40. The predicted molar refractivity (Wildman–Crippen MR) is 103 cm³/mol. The summed E-state index contributed by atoms with van der Waals surface area (Å²) in [4.78, 5) is 24.1. The van der Waals surface area contributed by atoms with E-state index in [1.807, 2.05) is 12.1 Å². The van der Waals surface area contributed by atoms with E-state index < -0.39 is 0 Å². The molecular weight excluding hydrogens is 340 g/mol. The van der Waals surface area contributed by atoms with E-state index in [1.165, 1.54) is 13.3 Å². The summed E-state index contributed by atoms with van der Waals surface area (Å²) in [7, 11) is 0. The van der Waals surface area contributed by atoms with Gasteiger partial charge in [0.25, 0.3) is 5.91 Å². The number of fused-ring (bicyclic) bond motifs is 2. The molecule has 2 aliphatic carbocycles. The molecule has 0 saturated heterocycles. The summed E-state index contributed by atoms with van der Waals surface area (Å²) in [5, 5.41) is 3.21. The number of Topliss-reactive ketones (excluding diaryl/α,β-unsaturated/α-hetero) is 1. The average molecular weight is 366 g/mol. The number of amides is 1. The first-order chi connectivity index (χ1) is 13.0. The van der Waals surface area contributed by atoms with E-state index in [-0.39, 0.29) is 23.8 Å². The van der Waals surface area contributed by atoms with E-state index in [4.69, 9.17) is 10.2 Å². The minimum absolute atomic E-state index is 0.0267. The molecule has 5 nitrogen and oxygen atoms in total. The number of carbonyl (C=O) groups is 2. The van der Waals surface area contributed by atoms with Crippen molar-refractivity contribution in [1.29, 1.82) is 0 Å². The monoisotopic (exact) mass is 366 g/mol. The van der Waals surface area contributed by atoms with Gasteiger partial charge in [-0.05, 0) is 56.6 Å². The number of furan rings is 1. The van der Waals surface area contributed by atoms with Crippen molar-refractivity contribution in [1.82, 2.24) is 5.32 Å². The summed E-state index contributed by atoms with van der Waals surface area (Å²) < 4.78 is 5.79. The number of ketones is 1. The van der Waals surface area contributed by atoms with Crippen molar-refractivity contribution < 1.29 is 14.0 Å². The van der Waals surface area contributed by atoms with E-state index >= 15 is 0 Å². The van der Waals surface area contributed by atoms with Crippen LogP contribution in [0.25, 0.3) is 11.3 Å². The number of benzene rings is 1. The number of carbonyl (C=O) groups excluding carboxylic acids is 2. The van der Waals surface area contributed by atoms with Crippen LogP contribution in [-0.4, -0.2) is 23.8 Å². The Hall–Kier alpha value is -2.40. The van der Waals surface area contributed by atoms with Crippen molar-refractivity contribution in [2.24, 2.45) is 17.6 Å². The maximum Gasteiger partial charge on any atom is 0.287 e. The van der Waals surface area contributed by atoms with Crippen LogP contribution in [0.3, 0.4) is 0 Å². The van der Waals surface area contributed by atoms with Gasteiger partial charge in [0, 0.05) is 23.2 Å². The molecule has 3 N–H and O–H groups in total. The Balaban J connectivity index is 1.46. The fraction of sp³-hybridized carbons (Fsp3) is 0.455. The number of rotatable bonds is 4. The smallest absolute Gasteiger partial charge is 0.287 e.